The van der Waals surface area contributed by atoms with E-state index in [9.17, 15) is 23.3 Å². The van der Waals surface area contributed by atoms with Gasteiger partial charge in [0.25, 0.3) is 15.7 Å². The number of aryl methyl sites for hydroxylation is 1. The lowest BCUT2D eigenvalue weighted by atomic mass is 10.1. The summed E-state index contributed by atoms with van der Waals surface area (Å²) >= 11 is 0. The van der Waals surface area contributed by atoms with E-state index in [1.54, 1.807) is 50.4 Å². The van der Waals surface area contributed by atoms with Gasteiger partial charge in [-0.2, -0.15) is 0 Å². The average molecular weight is 514 g/mol. The number of benzene rings is 3. The lowest BCUT2D eigenvalue weighted by molar-refractivity contribution is -0.385. The van der Waals surface area contributed by atoms with E-state index in [-0.39, 0.29) is 16.3 Å². The normalized spacial score (nSPS) is 11.9. The van der Waals surface area contributed by atoms with Gasteiger partial charge in [-0.1, -0.05) is 18.2 Å². The molecule has 3 rings (SSSR count). The standard InChI is InChI=1S/C25H27N3O7S/c1-17-5-14-23(15-24(17)28(30)31)36(32,33)27(20-8-12-22(35-4)13-9-20)16-25(29)26-18(2)19-6-10-21(34-3)11-7-19/h5-15,18H,16H2,1-4H3,(H,26,29)/t18-/m1/s1. The SMILES string of the molecule is COc1ccc([C@@H](C)NC(=O)CN(c2ccc(OC)cc2)S(=O)(=O)c2ccc(C)c([N+](=O)[O-])c2)cc1. The summed E-state index contributed by atoms with van der Waals surface area (Å²) in [7, 11) is -1.31. The second kappa shape index (κ2) is 11.1. The Morgan fingerprint density at radius 2 is 1.56 bits per heavy atom. The van der Waals surface area contributed by atoms with Crippen LogP contribution in [-0.2, 0) is 14.8 Å². The molecule has 0 aliphatic rings. The number of sulfonamides is 1. The number of ether oxygens (including phenoxy) is 2. The van der Waals surface area contributed by atoms with E-state index in [1.165, 1.54) is 38.3 Å². The molecule has 0 spiro atoms. The van der Waals surface area contributed by atoms with Crippen molar-refractivity contribution in [2.75, 3.05) is 25.1 Å². The zero-order valence-electron chi connectivity index (χ0n) is 20.3. The number of nitrogens with zero attached hydrogens (tertiary/aromatic N) is 2. The van der Waals surface area contributed by atoms with E-state index in [0.717, 1.165) is 15.9 Å². The van der Waals surface area contributed by atoms with Crippen molar-refractivity contribution < 1.29 is 27.6 Å². The summed E-state index contributed by atoms with van der Waals surface area (Å²) < 4.78 is 38.4. The number of hydrogen-bond acceptors (Lipinski definition) is 7. The first-order valence-corrected chi connectivity index (χ1v) is 12.4. The Labute approximate surface area is 209 Å². The first-order valence-electron chi connectivity index (χ1n) is 10.9. The van der Waals surface area contributed by atoms with Crippen LogP contribution in [0.25, 0.3) is 0 Å². The topological polar surface area (TPSA) is 128 Å². The fourth-order valence-electron chi connectivity index (χ4n) is 3.53. The van der Waals surface area contributed by atoms with Crippen LogP contribution in [0, 0.1) is 17.0 Å². The van der Waals surface area contributed by atoms with Crippen LogP contribution in [0.5, 0.6) is 11.5 Å². The van der Waals surface area contributed by atoms with E-state index in [1.807, 2.05) is 0 Å². The molecule has 1 amide bonds. The maximum absolute atomic E-state index is 13.6. The Kier molecular flexibility index (Phi) is 8.15. The van der Waals surface area contributed by atoms with Gasteiger partial charge in [0.05, 0.1) is 35.8 Å². The predicted octanol–water partition coefficient (Wildman–Crippen LogP) is 3.99. The second-order valence-corrected chi connectivity index (χ2v) is 9.84. The van der Waals surface area contributed by atoms with Crippen LogP contribution in [0.3, 0.4) is 0 Å². The molecule has 0 saturated carbocycles. The Hall–Kier alpha value is -4.12. The first-order chi connectivity index (χ1) is 17.1. The van der Waals surface area contributed by atoms with Gasteiger partial charge in [0.15, 0.2) is 0 Å². The summed E-state index contributed by atoms with van der Waals surface area (Å²) in [4.78, 5) is 23.4. The fourth-order valence-corrected chi connectivity index (χ4v) is 4.97. The summed E-state index contributed by atoms with van der Waals surface area (Å²) in [5.74, 6) is 0.611. The number of amides is 1. The summed E-state index contributed by atoms with van der Waals surface area (Å²) in [5, 5.41) is 14.2. The molecule has 0 aliphatic heterocycles. The van der Waals surface area contributed by atoms with Gasteiger partial charge in [-0.25, -0.2) is 8.42 Å². The van der Waals surface area contributed by atoms with Crippen molar-refractivity contribution in [1.82, 2.24) is 5.32 Å². The van der Waals surface area contributed by atoms with E-state index in [0.29, 0.717) is 17.1 Å². The summed E-state index contributed by atoms with van der Waals surface area (Å²) in [5.41, 5.74) is 0.993. The number of carbonyl (C=O) groups is 1. The largest absolute Gasteiger partial charge is 0.497 e. The van der Waals surface area contributed by atoms with Crippen molar-refractivity contribution in [3.8, 4) is 11.5 Å². The number of rotatable bonds is 10. The Morgan fingerprint density at radius 3 is 2.08 bits per heavy atom. The maximum atomic E-state index is 13.6. The van der Waals surface area contributed by atoms with Gasteiger partial charge in [-0.05, 0) is 61.9 Å². The molecule has 0 fully saturated rings. The molecule has 1 atom stereocenters. The van der Waals surface area contributed by atoms with Crippen LogP contribution < -0.4 is 19.1 Å². The third-order valence-corrected chi connectivity index (χ3v) is 7.38. The van der Waals surface area contributed by atoms with Crippen molar-refractivity contribution in [2.24, 2.45) is 0 Å². The number of methoxy groups -OCH3 is 2. The molecule has 0 aliphatic carbocycles. The molecule has 0 saturated heterocycles. The van der Waals surface area contributed by atoms with Crippen LogP contribution in [0.2, 0.25) is 0 Å². The second-order valence-electron chi connectivity index (χ2n) is 7.98. The fraction of sp³-hybridized carbons (Fsp3) is 0.240. The van der Waals surface area contributed by atoms with Crippen molar-refractivity contribution in [1.29, 1.82) is 0 Å². The minimum atomic E-state index is -4.34. The quantitative estimate of drug-likeness (QED) is 0.321. The lowest BCUT2D eigenvalue weighted by Crippen LogP contribution is -2.41. The Balaban J connectivity index is 1.94. The third kappa shape index (κ3) is 5.92. The molecular formula is C25H27N3O7S. The van der Waals surface area contributed by atoms with Crippen LogP contribution in [0.15, 0.2) is 71.6 Å². The van der Waals surface area contributed by atoms with Crippen molar-refractivity contribution >= 4 is 27.3 Å². The highest BCUT2D eigenvalue weighted by atomic mass is 32.2. The maximum Gasteiger partial charge on any atom is 0.273 e. The first kappa shape index (κ1) is 26.5. The van der Waals surface area contributed by atoms with Gasteiger partial charge in [0.2, 0.25) is 5.91 Å². The Bertz CT molecular complexity index is 1340. The zero-order chi connectivity index (χ0) is 26.5. The van der Waals surface area contributed by atoms with Gasteiger partial charge in [0.1, 0.15) is 18.0 Å². The Morgan fingerprint density at radius 1 is 1.00 bits per heavy atom. The molecule has 11 heteroatoms. The van der Waals surface area contributed by atoms with Gasteiger partial charge in [0, 0.05) is 11.6 Å². The lowest BCUT2D eigenvalue weighted by Gasteiger charge is -2.25. The number of carbonyl (C=O) groups excluding carboxylic acids is 1. The molecule has 3 aromatic carbocycles. The average Bonchev–Trinajstić information content (AvgIpc) is 2.87. The molecular weight excluding hydrogens is 486 g/mol. The van der Waals surface area contributed by atoms with Gasteiger partial charge in [-0.15, -0.1) is 0 Å². The molecule has 190 valence electrons. The summed E-state index contributed by atoms with van der Waals surface area (Å²) in [6.07, 6.45) is 0. The van der Waals surface area contributed by atoms with Crippen molar-refractivity contribution in [2.45, 2.75) is 24.8 Å². The van der Waals surface area contributed by atoms with Crippen LogP contribution in [0.1, 0.15) is 24.1 Å². The highest BCUT2D eigenvalue weighted by Gasteiger charge is 2.29. The number of nitro groups is 1. The van der Waals surface area contributed by atoms with E-state index >= 15 is 0 Å². The van der Waals surface area contributed by atoms with Crippen LogP contribution in [-0.4, -0.2) is 40.0 Å². The monoisotopic (exact) mass is 513 g/mol. The minimum Gasteiger partial charge on any atom is -0.497 e. The number of nitrogens with one attached hydrogen (secondary N) is 1. The molecule has 36 heavy (non-hydrogen) atoms. The van der Waals surface area contributed by atoms with Crippen molar-refractivity contribution in [3.63, 3.8) is 0 Å². The van der Waals surface area contributed by atoms with Gasteiger partial charge < -0.3 is 14.8 Å². The molecule has 0 unspecified atom stereocenters. The number of anilines is 1. The van der Waals surface area contributed by atoms with Gasteiger partial charge >= 0.3 is 0 Å². The van der Waals surface area contributed by atoms with Crippen LogP contribution >= 0.6 is 0 Å². The van der Waals surface area contributed by atoms with Crippen LogP contribution in [0.4, 0.5) is 11.4 Å². The van der Waals surface area contributed by atoms with Crippen molar-refractivity contribution in [3.05, 3.63) is 88.0 Å². The minimum absolute atomic E-state index is 0.200. The molecule has 0 bridgehead atoms. The molecule has 0 heterocycles. The van der Waals surface area contributed by atoms with E-state index < -0.39 is 33.4 Å². The summed E-state index contributed by atoms with van der Waals surface area (Å²) in [6.45, 7) is 2.75. The molecule has 0 aromatic heterocycles. The summed E-state index contributed by atoms with van der Waals surface area (Å²) in [6, 6.07) is 16.5. The highest BCUT2D eigenvalue weighted by molar-refractivity contribution is 7.92. The van der Waals surface area contributed by atoms with E-state index in [2.05, 4.69) is 5.32 Å². The molecule has 0 radical (unpaired) electrons. The molecule has 10 nitrogen and oxygen atoms in total. The number of hydrogen-bond donors (Lipinski definition) is 1. The van der Waals surface area contributed by atoms with Gasteiger partial charge in [-0.3, -0.25) is 19.2 Å². The predicted molar refractivity (Wildman–Crippen MR) is 135 cm³/mol. The van der Waals surface area contributed by atoms with E-state index in [4.69, 9.17) is 9.47 Å². The smallest absolute Gasteiger partial charge is 0.273 e. The highest BCUT2D eigenvalue weighted by Crippen LogP contribution is 2.29. The number of nitro benzene ring substituents is 1. The zero-order valence-corrected chi connectivity index (χ0v) is 21.1. The molecule has 3 aromatic rings. The molecule has 1 N–H and O–H groups in total. The third-order valence-electron chi connectivity index (χ3n) is 5.61.